The standard InChI is InChI=1S/C6H5F2IN2/c7-5(8)4-1-3(9)2-11-6(4)10/h1-2,5H,(H2,10,11). The van der Waals surface area contributed by atoms with Gasteiger partial charge >= 0.3 is 0 Å². The summed E-state index contributed by atoms with van der Waals surface area (Å²) in [6.07, 6.45) is -1.10. The van der Waals surface area contributed by atoms with Gasteiger partial charge in [0.25, 0.3) is 6.43 Å². The molecule has 0 aliphatic rings. The van der Waals surface area contributed by atoms with Gasteiger partial charge in [0.05, 0.1) is 5.56 Å². The third kappa shape index (κ3) is 1.98. The predicted octanol–water partition coefficient (Wildman–Crippen LogP) is 2.21. The maximum atomic E-state index is 12.1. The fourth-order valence-corrected chi connectivity index (χ4v) is 1.12. The smallest absolute Gasteiger partial charge is 0.267 e. The van der Waals surface area contributed by atoms with Crippen LogP contribution in [0, 0.1) is 3.57 Å². The molecule has 0 aliphatic heterocycles. The Bertz CT molecular complexity index is 265. The first-order valence-electron chi connectivity index (χ1n) is 2.80. The molecule has 0 amide bonds. The maximum Gasteiger partial charge on any atom is 0.267 e. The van der Waals surface area contributed by atoms with Crippen LogP contribution in [0.25, 0.3) is 0 Å². The molecule has 0 radical (unpaired) electrons. The van der Waals surface area contributed by atoms with E-state index in [0.717, 1.165) is 0 Å². The summed E-state index contributed by atoms with van der Waals surface area (Å²) in [5, 5.41) is 0. The second-order valence-electron chi connectivity index (χ2n) is 1.93. The van der Waals surface area contributed by atoms with Crippen molar-refractivity contribution in [2.45, 2.75) is 6.43 Å². The number of aromatic nitrogens is 1. The van der Waals surface area contributed by atoms with Crippen molar-refractivity contribution in [3.63, 3.8) is 0 Å². The quantitative estimate of drug-likeness (QED) is 0.794. The maximum absolute atomic E-state index is 12.1. The molecule has 1 heterocycles. The lowest BCUT2D eigenvalue weighted by Crippen LogP contribution is -1.98. The molecule has 11 heavy (non-hydrogen) atoms. The Morgan fingerprint density at radius 2 is 2.18 bits per heavy atom. The largest absolute Gasteiger partial charge is 0.383 e. The van der Waals surface area contributed by atoms with E-state index in [1.54, 1.807) is 0 Å². The van der Waals surface area contributed by atoms with E-state index in [-0.39, 0.29) is 11.4 Å². The SMILES string of the molecule is Nc1ncc(I)cc1C(F)F. The Morgan fingerprint density at radius 1 is 1.55 bits per heavy atom. The molecular weight excluding hydrogens is 265 g/mol. The highest BCUT2D eigenvalue weighted by Crippen LogP contribution is 2.24. The van der Waals surface area contributed by atoms with Crippen LogP contribution in [0.15, 0.2) is 12.3 Å². The summed E-state index contributed by atoms with van der Waals surface area (Å²) < 4.78 is 24.8. The van der Waals surface area contributed by atoms with Crippen LogP contribution in [0.2, 0.25) is 0 Å². The van der Waals surface area contributed by atoms with Crippen LogP contribution < -0.4 is 5.73 Å². The molecule has 1 rings (SSSR count). The van der Waals surface area contributed by atoms with Crippen molar-refractivity contribution in [1.29, 1.82) is 0 Å². The molecule has 0 saturated carbocycles. The van der Waals surface area contributed by atoms with Crippen molar-refractivity contribution in [1.82, 2.24) is 4.98 Å². The van der Waals surface area contributed by atoms with Crippen LogP contribution in [-0.4, -0.2) is 4.98 Å². The Labute approximate surface area is 75.9 Å². The minimum Gasteiger partial charge on any atom is -0.383 e. The summed E-state index contributed by atoms with van der Waals surface area (Å²) in [6.45, 7) is 0. The summed E-state index contributed by atoms with van der Waals surface area (Å²) in [5.74, 6) is -0.0968. The second kappa shape index (κ2) is 3.29. The Hall–Kier alpha value is -0.460. The Balaban J connectivity index is 3.13. The van der Waals surface area contributed by atoms with Gasteiger partial charge in [0, 0.05) is 9.77 Å². The van der Waals surface area contributed by atoms with E-state index in [9.17, 15) is 8.78 Å². The number of pyridine rings is 1. The minimum atomic E-state index is -2.54. The second-order valence-corrected chi connectivity index (χ2v) is 3.17. The number of nitrogens with zero attached hydrogens (tertiary/aromatic N) is 1. The number of hydrogen-bond acceptors (Lipinski definition) is 2. The molecule has 0 aliphatic carbocycles. The van der Waals surface area contributed by atoms with E-state index in [2.05, 4.69) is 4.98 Å². The van der Waals surface area contributed by atoms with Crippen molar-refractivity contribution in [2.75, 3.05) is 5.73 Å². The highest BCUT2D eigenvalue weighted by molar-refractivity contribution is 14.1. The molecule has 0 aromatic carbocycles. The molecule has 2 nitrogen and oxygen atoms in total. The molecule has 0 bridgehead atoms. The number of hydrogen-bond donors (Lipinski definition) is 1. The van der Waals surface area contributed by atoms with Crippen LogP contribution in [-0.2, 0) is 0 Å². The van der Waals surface area contributed by atoms with E-state index < -0.39 is 6.43 Å². The fourth-order valence-electron chi connectivity index (χ4n) is 0.640. The molecule has 2 N–H and O–H groups in total. The van der Waals surface area contributed by atoms with Gasteiger partial charge in [0.15, 0.2) is 0 Å². The van der Waals surface area contributed by atoms with Crippen LogP contribution >= 0.6 is 22.6 Å². The van der Waals surface area contributed by atoms with Gasteiger partial charge in [0.2, 0.25) is 0 Å². The van der Waals surface area contributed by atoms with Gasteiger partial charge in [0.1, 0.15) is 5.82 Å². The third-order valence-corrected chi connectivity index (χ3v) is 1.74. The van der Waals surface area contributed by atoms with Gasteiger partial charge in [-0.25, -0.2) is 13.8 Å². The van der Waals surface area contributed by atoms with E-state index in [4.69, 9.17) is 5.73 Å². The van der Waals surface area contributed by atoms with Crippen LogP contribution in [0.3, 0.4) is 0 Å². The average molecular weight is 270 g/mol. The topological polar surface area (TPSA) is 38.9 Å². The molecule has 1 aromatic heterocycles. The van der Waals surface area contributed by atoms with Crippen molar-refractivity contribution >= 4 is 28.4 Å². The Kier molecular flexibility index (Phi) is 2.58. The molecule has 1 aromatic rings. The zero-order valence-electron chi connectivity index (χ0n) is 5.39. The molecule has 0 saturated heterocycles. The number of nitrogen functional groups attached to an aromatic ring is 1. The predicted molar refractivity (Wildman–Crippen MR) is 46.3 cm³/mol. The Morgan fingerprint density at radius 3 is 2.64 bits per heavy atom. The van der Waals surface area contributed by atoms with Gasteiger partial charge in [-0.1, -0.05) is 0 Å². The summed E-state index contributed by atoms with van der Waals surface area (Å²) in [7, 11) is 0. The first-order chi connectivity index (χ1) is 5.11. The van der Waals surface area contributed by atoms with Gasteiger partial charge < -0.3 is 5.73 Å². The summed E-state index contributed by atoms with van der Waals surface area (Å²) in [6, 6.07) is 1.33. The number of rotatable bonds is 1. The molecular formula is C6H5F2IN2. The zero-order chi connectivity index (χ0) is 8.43. The number of alkyl halides is 2. The lowest BCUT2D eigenvalue weighted by atomic mass is 10.3. The van der Waals surface area contributed by atoms with E-state index in [1.807, 2.05) is 22.6 Å². The molecule has 0 fully saturated rings. The molecule has 0 atom stereocenters. The molecule has 0 unspecified atom stereocenters. The van der Waals surface area contributed by atoms with E-state index in [1.165, 1.54) is 12.3 Å². The molecule has 0 spiro atoms. The number of anilines is 1. The number of nitrogens with two attached hydrogens (primary N) is 1. The lowest BCUT2D eigenvalue weighted by molar-refractivity contribution is 0.152. The van der Waals surface area contributed by atoms with Gasteiger partial charge in [-0.05, 0) is 28.7 Å². The summed E-state index contributed by atoms with van der Waals surface area (Å²) in [5.41, 5.74) is 5.00. The van der Waals surface area contributed by atoms with Crippen molar-refractivity contribution in [3.05, 3.63) is 21.4 Å². The van der Waals surface area contributed by atoms with Crippen LogP contribution in [0.1, 0.15) is 12.0 Å². The summed E-state index contributed by atoms with van der Waals surface area (Å²) >= 11 is 1.90. The number of halogens is 3. The van der Waals surface area contributed by atoms with E-state index in [0.29, 0.717) is 3.57 Å². The minimum absolute atomic E-state index is 0.0968. The van der Waals surface area contributed by atoms with Crippen molar-refractivity contribution in [2.24, 2.45) is 0 Å². The average Bonchev–Trinajstić information content (AvgIpc) is 1.94. The molecule has 60 valence electrons. The van der Waals surface area contributed by atoms with Crippen LogP contribution in [0.5, 0.6) is 0 Å². The van der Waals surface area contributed by atoms with Crippen molar-refractivity contribution < 1.29 is 8.78 Å². The molecule has 5 heteroatoms. The summed E-state index contributed by atoms with van der Waals surface area (Å²) in [4.78, 5) is 3.59. The fraction of sp³-hybridized carbons (Fsp3) is 0.167. The third-order valence-electron chi connectivity index (χ3n) is 1.15. The van der Waals surface area contributed by atoms with Gasteiger partial charge in [-0.2, -0.15) is 0 Å². The normalized spacial score (nSPS) is 10.5. The first kappa shape index (κ1) is 8.63. The highest BCUT2D eigenvalue weighted by atomic mass is 127. The monoisotopic (exact) mass is 270 g/mol. The lowest BCUT2D eigenvalue weighted by Gasteiger charge is -2.02. The van der Waals surface area contributed by atoms with Crippen LogP contribution in [0.4, 0.5) is 14.6 Å². The van der Waals surface area contributed by atoms with Crippen molar-refractivity contribution in [3.8, 4) is 0 Å². The zero-order valence-corrected chi connectivity index (χ0v) is 7.55. The van der Waals surface area contributed by atoms with Gasteiger partial charge in [-0.15, -0.1) is 0 Å². The highest BCUT2D eigenvalue weighted by Gasteiger charge is 2.11. The van der Waals surface area contributed by atoms with E-state index >= 15 is 0 Å². The first-order valence-corrected chi connectivity index (χ1v) is 3.88. The van der Waals surface area contributed by atoms with Gasteiger partial charge in [-0.3, -0.25) is 0 Å².